The predicted molar refractivity (Wildman–Crippen MR) is 85.6 cm³/mol. The molecule has 0 aliphatic carbocycles. The summed E-state index contributed by atoms with van der Waals surface area (Å²) in [6, 6.07) is 12.8. The van der Waals surface area contributed by atoms with E-state index in [9.17, 15) is 4.79 Å². The van der Waals surface area contributed by atoms with Crippen molar-refractivity contribution in [1.82, 2.24) is 0 Å². The summed E-state index contributed by atoms with van der Waals surface area (Å²) in [5.41, 5.74) is 8.48. The van der Waals surface area contributed by atoms with Crippen LogP contribution >= 0.6 is 11.6 Å². The Morgan fingerprint density at radius 1 is 1.24 bits per heavy atom. The number of hydrogen-bond acceptors (Lipinski definition) is 4. The highest BCUT2D eigenvalue weighted by molar-refractivity contribution is 6.30. The minimum Gasteiger partial charge on any atom is -0.462 e. The molecule has 0 radical (unpaired) electrons. The first kappa shape index (κ1) is 15.2. The van der Waals surface area contributed by atoms with Gasteiger partial charge in [0.25, 0.3) is 0 Å². The highest BCUT2D eigenvalue weighted by atomic mass is 35.5. The van der Waals surface area contributed by atoms with Crippen molar-refractivity contribution in [1.29, 1.82) is 0 Å². The number of esters is 1. The van der Waals surface area contributed by atoms with Crippen LogP contribution in [-0.2, 0) is 11.3 Å². The van der Waals surface area contributed by atoms with Crippen LogP contribution in [0.25, 0.3) is 0 Å². The Morgan fingerprint density at radius 2 is 1.95 bits per heavy atom. The van der Waals surface area contributed by atoms with E-state index in [0.29, 0.717) is 29.4 Å². The van der Waals surface area contributed by atoms with E-state index in [4.69, 9.17) is 22.1 Å². The fourth-order valence-corrected chi connectivity index (χ4v) is 1.98. The monoisotopic (exact) mass is 304 g/mol. The van der Waals surface area contributed by atoms with E-state index in [1.54, 1.807) is 19.1 Å². The number of hydrogen-bond donors (Lipinski definition) is 2. The van der Waals surface area contributed by atoms with Crippen LogP contribution in [0.1, 0.15) is 22.8 Å². The van der Waals surface area contributed by atoms with Crippen LogP contribution in [0.15, 0.2) is 42.5 Å². The number of carbonyl (C=O) groups is 1. The fraction of sp³-hybridized carbons (Fsp3) is 0.188. The quantitative estimate of drug-likeness (QED) is 0.653. The van der Waals surface area contributed by atoms with Gasteiger partial charge in [-0.05, 0) is 42.8 Å². The minimum absolute atomic E-state index is 0.320. The molecule has 0 aliphatic rings. The van der Waals surface area contributed by atoms with Gasteiger partial charge in [0.1, 0.15) is 0 Å². The van der Waals surface area contributed by atoms with Gasteiger partial charge < -0.3 is 15.8 Å². The summed E-state index contributed by atoms with van der Waals surface area (Å²) in [7, 11) is 0. The second-order valence-corrected chi connectivity index (χ2v) is 4.94. The van der Waals surface area contributed by atoms with Crippen molar-refractivity contribution >= 4 is 28.9 Å². The lowest BCUT2D eigenvalue weighted by atomic mass is 10.1. The SMILES string of the molecule is CCOC(=O)c1cc(NCc2ccc(Cl)cc2)ccc1N. The molecule has 2 aromatic rings. The van der Waals surface area contributed by atoms with Crippen LogP contribution in [0.4, 0.5) is 11.4 Å². The number of anilines is 2. The molecule has 0 amide bonds. The molecule has 0 saturated heterocycles. The second-order valence-electron chi connectivity index (χ2n) is 4.50. The zero-order valence-corrected chi connectivity index (χ0v) is 12.5. The fourth-order valence-electron chi connectivity index (χ4n) is 1.86. The van der Waals surface area contributed by atoms with Crippen molar-refractivity contribution in [3.8, 4) is 0 Å². The molecule has 0 atom stereocenters. The Hall–Kier alpha value is -2.20. The number of rotatable bonds is 5. The number of carbonyl (C=O) groups excluding carboxylic acids is 1. The molecule has 0 aromatic heterocycles. The summed E-state index contributed by atoms with van der Waals surface area (Å²) in [5, 5.41) is 3.94. The van der Waals surface area contributed by atoms with Gasteiger partial charge in [-0.15, -0.1) is 0 Å². The van der Waals surface area contributed by atoms with E-state index in [1.165, 1.54) is 0 Å². The Morgan fingerprint density at radius 3 is 2.62 bits per heavy atom. The second kappa shape index (κ2) is 6.99. The largest absolute Gasteiger partial charge is 0.462 e. The Bertz CT molecular complexity index is 627. The van der Waals surface area contributed by atoms with Crippen LogP contribution in [0, 0.1) is 0 Å². The van der Waals surface area contributed by atoms with E-state index in [2.05, 4.69) is 5.32 Å². The average molecular weight is 305 g/mol. The first-order valence-corrected chi connectivity index (χ1v) is 7.03. The van der Waals surface area contributed by atoms with Crippen molar-refractivity contribution in [2.75, 3.05) is 17.7 Å². The van der Waals surface area contributed by atoms with Crippen LogP contribution in [-0.4, -0.2) is 12.6 Å². The third-order valence-electron chi connectivity index (χ3n) is 2.96. The standard InChI is InChI=1S/C16H17ClN2O2/c1-2-21-16(20)14-9-13(7-8-15(14)18)19-10-11-3-5-12(17)6-4-11/h3-9,19H,2,10,18H2,1H3. The smallest absolute Gasteiger partial charge is 0.340 e. The van der Waals surface area contributed by atoms with Gasteiger partial charge in [0, 0.05) is 22.9 Å². The summed E-state index contributed by atoms with van der Waals surface area (Å²) in [6.45, 7) is 2.71. The molecule has 0 bridgehead atoms. The molecular formula is C16H17ClN2O2. The Labute approximate surface area is 128 Å². The zero-order valence-electron chi connectivity index (χ0n) is 11.7. The van der Waals surface area contributed by atoms with Gasteiger partial charge in [-0.3, -0.25) is 0 Å². The van der Waals surface area contributed by atoms with Crippen molar-refractivity contribution in [2.24, 2.45) is 0 Å². The highest BCUT2D eigenvalue weighted by Crippen LogP contribution is 2.20. The van der Waals surface area contributed by atoms with E-state index in [1.807, 2.05) is 30.3 Å². The number of halogens is 1. The van der Waals surface area contributed by atoms with Crippen LogP contribution in [0.2, 0.25) is 5.02 Å². The summed E-state index contributed by atoms with van der Waals surface area (Å²) in [5.74, 6) is -0.412. The number of nitrogen functional groups attached to an aromatic ring is 1. The van der Waals surface area contributed by atoms with Crippen molar-refractivity contribution in [3.63, 3.8) is 0 Å². The summed E-state index contributed by atoms with van der Waals surface area (Å²) in [4.78, 5) is 11.8. The molecule has 0 saturated carbocycles. The van der Waals surface area contributed by atoms with Gasteiger partial charge in [0.2, 0.25) is 0 Å². The first-order chi connectivity index (χ1) is 10.1. The summed E-state index contributed by atoms with van der Waals surface area (Å²) < 4.78 is 4.98. The normalized spacial score (nSPS) is 10.2. The topological polar surface area (TPSA) is 64.3 Å². The summed E-state index contributed by atoms with van der Waals surface area (Å²) in [6.07, 6.45) is 0. The molecular weight excluding hydrogens is 288 g/mol. The van der Waals surface area contributed by atoms with E-state index >= 15 is 0 Å². The molecule has 0 heterocycles. The van der Waals surface area contributed by atoms with E-state index in [-0.39, 0.29) is 0 Å². The molecule has 21 heavy (non-hydrogen) atoms. The molecule has 0 spiro atoms. The van der Waals surface area contributed by atoms with Crippen LogP contribution in [0.3, 0.4) is 0 Å². The van der Waals surface area contributed by atoms with Gasteiger partial charge in [-0.25, -0.2) is 4.79 Å². The first-order valence-electron chi connectivity index (χ1n) is 6.65. The maximum atomic E-state index is 11.8. The van der Waals surface area contributed by atoms with Gasteiger partial charge in [-0.1, -0.05) is 23.7 Å². The van der Waals surface area contributed by atoms with E-state index < -0.39 is 5.97 Å². The molecule has 0 aliphatic heterocycles. The maximum absolute atomic E-state index is 11.8. The third kappa shape index (κ3) is 4.13. The van der Waals surface area contributed by atoms with Crippen molar-refractivity contribution in [3.05, 3.63) is 58.6 Å². The lowest BCUT2D eigenvalue weighted by Crippen LogP contribution is -2.09. The molecule has 2 aromatic carbocycles. The van der Waals surface area contributed by atoms with Gasteiger partial charge in [0.05, 0.1) is 12.2 Å². The van der Waals surface area contributed by atoms with E-state index in [0.717, 1.165) is 11.3 Å². The number of nitrogens with one attached hydrogen (secondary N) is 1. The molecule has 0 unspecified atom stereocenters. The maximum Gasteiger partial charge on any atom is 0.340 e. The average Bonchev–Trinajstić information content (AvgIpc) is 2.48. The molecule has 3 N–H and O–H groups in total. The van der Waals surface area contributed by atoms with Gasteiger partial charge >= 0.3 is 5.97 Å². The lowest BCUT2D eigenvalue weighted by Gasteiger charge is -2.10. The van der Waals surface area contributed by atoms with Gasteiger partial charge in [0.15, 0.2) is 0 Å². The Balaban J connectivity index is 2.08. The van der Waals surface area contributed by atoms with Gasteiger partial charge in [-0.2, -0.15) is 0 Å². The minimum atomic E-state index is -0.412. The molecule has 4 nitrogen and oxygen atoms in total. The molecule has 5 heteroatoms. The highest BCUT2D eigenvalue weighted by Gasteiger charge is 2.11. The molecule has 0 fully saturated rings. The third-order valence-corrected chi connectivity index (χ3v) is 3.21. The number of ether oxygens (including phenoxy) is 1. The zero-order chi connectivity index (χ0) is 15.2. The summed E-state index contributed by atoms with van der Waals surface area (Å²) >= 11 is 5.85. The lowest BCUT2D eigenvalue weighted by molar-refractivity contribution is 0.0527. The number of benzene rings is 2. The Kier molecular flexibility index (Phi) is 5.06. The van der Waals surface area contributed by atoms with Crippen LogP contribution < -0.4 is 11.1 Å². The van der Waals surface area contributed by atoms with Crippen molar-refractivity contribution < 1.29 is 9.53 Å². The van der Waals surface area contributed by atoms with Crippen LogP contribution in [0.5, 0.6) is 0 Å². The molecule has 2 rings (SSSR count). The predicted octanol–water partition coefficient (Wildman–Crippen LogP) is 3.71. The molecule has 110 valence electrons. The number of nitrogens with two attached hydrogens (primary N) is 1. The van der Waals surface area contributed by atoms with Crippen molar-refractivity contribution in [2.45, 2.75) is 13.5 Å².